The molecule has 2 aromatic carbocycles. The van der Waals surface area contributed by atoms with Crippen molar-refractivity contribution in [3.63, 3.8) is 0 Å². The molecule has 11 nitrogen and oxygen atoms in total. The second-order valence-electron chi connectivity index (χ2n) is 6.29. The van der Waals surface area contributed by atoms with E-state index in [1.807, 2.05) is 0 Å². The monoisotopic (exact) mass is 437 g/mol. The molecular weight excluding hydrogens is 422 g/mol. The molecule has 2 N–H and O–H groups in total. The highest BCUT2D eigenvalue weighted by Crippen LogP contribution is 2.23. The Bertz CT molecular complexity index is 1320. The molecule has 0 saturated carbocycles. The van der Waals surface area contributed by atoms with Gasteiger partial charge in [-0.1, -0.05) is 6.07 Å². The Morgan fingerprint density at radius 1 is 1.00 bits per heavy atom. The molecule has 0 bridgehead atoms. The molecule has 0 aliphatic rings. The zero-order valence-corrected chi connectivity index (χ0v) is 16.6. The average molecular weight is 437 g/mol. The van der Waals surface area contributed by atoms with Gasteiger partial charge in [-0.15, -0.1) is 0 Å². The minimum atomic E-state index is -3.98. The van der Waals surface area contributed by atoms with Crippen LogP contribution >= 0.6 is 0 Å². The van der Waals surface area contributed by atoms with E-state index in [1.54, 1.807) is 53.6 Å². The quantitative estimate of drug-likeness (QED) is 0.331. The molecule has 4 aromatic rings. The summed E-state index contributed by atoms with van der Waals surface area (Å²) in [5.74, 6) is 1.18. The lowest BCUT2D eigenvalue weighted by atomic mass is 10.3. The Labute approximate surface area is 176 Å². The van der Waals surface area contributed by atoms with E-state index in [0.29, 0.717) is 23.0 Å². The molecule has 4 rings (SSSR count). The highest BCUT2D eigenvalue weighted by molar-refractivity contribution is 7.92. The number of rotatable bonds is 7. The molecule has 0 aliphatic heterocycles. The fourth-order valence-electron chi connectivity index (χ4n) is 2.70. The van der Waals surface area contributed by atoms with Crippen LogP contribution in [0.5, 0.6) is 0 Å². The van der Waals surface area contributed by atoms with Crippen LogP contribution in [0.25, 0.3) is 5.82 Å². The first-order valence-corrected chi connectivity index (χ1v) is 10.3. The van der Waals surface area contributed by atoms with E-state index in [0.717, 1.165) is 6.07 Å². The number of hydrogen-bond donors (Lipinski definition) is 2. The minimum absolute atomic E-state index is 0.197. The number of imidazole rings is 1. The number of benzene rings is 2. The van der Waals surface area contributed by atoms with Crippen LogP contribution in [0.2, 0.25) is 0 Å². The van der Waals surface area contributed by atoms with E-state index in [2.05, 4.69) is 25.0 Å². The third kappa shape index (κ3) is 4.64. The molecule has 0 amide bonds. The van der Waals surface area contributed by atoms with Gasteiger partial charge in [0.2, 0.25) is 0 Å². The smallest absolute Gasteiger partial charge is 0.270 e. The van der Waals surface area contributed by atoms with Crippen LogP contribution in [0.1, 0.15) is 0 Å². The van der Waals surface area contributed by atoms with Crippen LogP contribution in [0.4, 0.5) is 22.9 Å². The number of nitrogens with zero attached hydrogens (tertiary/aromatic N) is 5. The standard InChI is InChI=1S/C19H15N7O4S/c27-26(28)16-2-1-3-17(10-16)31(29,30)24-15-6-4-14(5-7-15)23-18-11-19(22-12-21-18)25-9-8-20-13-25/h1-13,24H,(H,21,22,23). The lowest BCUT2D eigenvalue weighted by Gasteiger charge is -2.10. The Morgan fingerprint density at radius 2 is 1.77 bits per heavy atom. The van der Waals surface area contributed by atoms with Crippen LogP contribution in [-0.2, 0) is 10.0 Å². The molecule has 12 heteroatoms. The largest absolute Gasteiger partial charge is 0.340 e. The van der Waals surface area contributed by atoms with E-state index >= 15 is 0 Å². The zero-order chi connectivity index (χ0) is 21.8. The van der Waals surface area contributed by atoms with E-state index in [1.165, 1.54) is 24.5 Å². The molecule has 0 unspecified atom stereocenters. The Balaban J connectivity index is 1.48. The first kappa shape index (κ1) is 20.0. The van der Waals surface area contributed by atoms with Crippen LogP contribution in [0.3, 0.4) is 0 Å². The van der Waals surface area contributed by atoms with Gasteiger partial charge in [-0.3, -0.25) is 19.4 Å². The van der Waals surface area contributed by atoms with Crippen molar-refractivity contribution in [3.8, 4) is 5.82 Å². The van der Waals surface area contributed by atoms with Crippen LogP contribution < -0.4 is 10.0 Å². The van der Waals surface area contributed by atoms with Crippen molar-refractivity contribution in [1.29, 1.82) is 0 Å². The summed E-state index contributed by atoms with van der Waals surface area (Å²) in [6, 6.07) is 13.0. The molecule has 0 aliphatic carbocycles. The van der Waals surface area contributed by atoms with Crippen molar-refractivity contribution in [1.82, 2.24) is 19.5 Å². The van der Waals surface area contributed by atoms with Gasteiger partial charge in [0.1, 0.15) is 24.3 Å². The normalized spacial score (nSPS) is 11.1. The van der Waals surface area contributed by atoms with Crippen LogP contribution in [0, 0.1) is 10.1 Å². The maximum Gasteiger partial charge on any atom is 0.270 e. The summed E-state index contributed by atoms with van der Waals surface area (Å²) < 4.78 is 29.2. The highest BCUT2D eigenvalue weighted by Gasteiger charge is 2.17. The van der Waals surface area contributed by atoms with Gasteiger partial charge in [0, 0.05) is 42.0 Å². The molecule has 2 heterocycles. The molecule has 0 saturated heterocycles. The number of hydrogen-bond acceptors (Lipinski definition) is 8. The van der Waals surface area contributed by atoms with E-state index in [9.17, 15) is 18.5 Å². The predicted molar refractivity (Wildman–Crippen MR) is 113 cm³/mol. The second kappa shape index (κ2) is 8.20. The van der Waals surface area contributed by atoms with Crippen molar-refractivity contribution in [2.75, 3.05) is 10.0 Å². The first-order valence-electron chi connectivity index (χ1n) is 8.85. The summed E-state index contributed by atoms with van der Waals surface area (Å²) in [6.07, 6.45) is 6.44. The molecule has 2 aromatic heterocycles. The first-order chi connectivity index (χ1) is 14.9. The lowest BCUT2D eigenvalue weighted by Crippen LogP contribution is -2.13. The Kier molecular flexibility index (Phi) is 5.28. The van der Waals surface area contributed by atoms with Crippen molar-refractivity contribution >= 4 is 32.9 Å². The van der Waals surface area contributed by atoms with Gasteiger partial charge in [0.15, 0.2) is 0 Å². The average Bonchev–Trinajstić information content (AvgIpc) is 3.30. The summed E-state index contributed by atoms with van der Waals surface area (Å²) in [5.41, 5.74) is 0.676. The molecule has 0 radical (unpaired) electrons. The highest BCUT2D eigenvalue weighted by atomic mass is 32.2. The summed E-state index contributed by atoms with van der Waals surface area (Å²) in [4.78, 5) is 22.4. The number of aromatic nitrogens is 4. The fourth-order valence-corrected chi connectivity index (χ4v) is 3.80. The summed E-state index contributed by atoms with van der Waals surface area (Å²) in [6.45, 7) is 0. The third-order valence-electron chi connectivity index (χ3n) is 4.17. The number of non-ortho nitro benzene ring substituents is 1. The van der Waals surface area contributed by atoms with E-state index < -0.39 is 14.9 Å². The van der Waals surface area contributed by atoms with Gasteiger partial charge in [-0.05, 0) is 30.3 Å². The zero-order valence-electron chi connectivity index (χ0n) is 15.8. The number of anilines is 3. The predicted octanol–water partition coefficient (Wildman–Crippen LogP) is 3.11. The van der Waals surface area contributed by atoms with Crippen LogP contribution in [0.15, 0.2) is 84.5 Å². The van der Waals surface area contributed by atoms with Gasteiger partial charge < -0.3 is 5.32 Å². The summed E-state index contributed by atoms with van der Waals surface area (Å²) in [7, 11) is -3.98. The summed E-state index contributed by atoms with van der Waals surface area (Å²) in [5, 5.41) is 14.0. The molecule has 31 heavy (non-hydrogen) atoms. The van der Waals surface area contributed by atoms with Crippen molar-refractivity contribution in [2.45, 2.75) is 4.90 Å². The number of nitro groups is 1. The van der Waals surface area contributed by atoms with Crippen molar-refractivity contribution < 1.29 is 13.3 Å². The molecular formula is C19H15N7O4S. The van der Waals surface area contributed by atoms with Gasteiger partial charge in [-0.25, -0.2) is 23.4 Å². The Morgan fingerprint density at radius 3 is 2.48 bits per heavy atom. The molecule has 0 spiro atoms. The van der Waals surface area contributed by atoms with E-state index in [-0.39, 0.29) is 10.6 Å². The minimum Gasteiger partial charge on any atom is -0.340 e. The molecule has 0 fully saturated rings. The second-order valence-corrected chi connectivity index (χ2v) is 7.98. The Hall–Kier alpha value is -4.32. The maximum atomic E-state index is 12.5. The molecule has 0 atom stereocenters. The van der Waals surface area contributed by atoms with Gasteiger partial charge in [0.05, 0.1) is 9.82 Å². The summed E-state index contributed by atoms with van der Waals surface area (Å²) >= 11 is 0. The van der Waals surface area contributed by atoms with Crippen LogP contribution in [-0.4, -0.2) is 32.9 Å². The number of sulfonamides is 1. The SMILES string of the molecule is O=[N+]([O-])c1cccc(S(=O)(=O)Nc2ccc(Nc3cc(-n4ccnc4)ncn3)cc2)c1. The van der Waals surface area contributed by atoms with Crippen molar-refractivity contribution in [3.05, 3.63) is 89.8 Å². The maximum absolute atomic E-state index is 12.5. The van der Waals surface area contributed by atoms with Gasteiger partial charge in [0.25, 0.3) is 15.7 Å². The van der Waals surface area contributed by atoms with Gasteiger partial charge in [-0.2, -0.15) is 0 Å². The molecule has 156 valence electrons. The third-order valence-corrected chi connectivity index (χ3v) is 5.55. The lowest BCUT2D eigenvalue weighted by molar-refractivity contribution is -0.385. The number of nitrogens with one attached hydrogen (secondary N) is 2. The van der Waals surface area contributed by atoms with Crippen molar-refractivity contribution in [2.24, 2.45) is 0 Å². The van der Waals surface area contributed by atoms with Gasteiger partial charge >= 0.3 is 0 Å². The number of nitro benzene ring substituents is 1. The fraction of sp³-hybridized carbons (Fsp3) is 0. The van der Waals surface area contributed by atoms with E-state index in [4.69, 9.17) is 0 Å². The topological polar surface area (TPSA) is 145 Å².